The Morgan fingerprint density at radius 3 is 1.64 bits per heavy atom. The van der Waals surface area contributed by atoms with Crippen LogP contribution < -0.4 is 0 Å². The van der Waals surface area contributed by atoms with Crippen molar-refractivity contribution in [2.24, 2.45) is 0 Å². The molecule has 8 aromatic rings. The number of thiophene rings is 1. The van der Waals surface area contributed by atoms with Crippen LogP contribution in [-0.4, -0.2) is 19.9 Å². The number of benzene rings is 5. The Balaban J connectivity index is 1.45. The van der Waals surface area contributed by atoms with Crippen LogP contribution in [0.5, 0.6) is 0 Å². The average molecular weight is 517 g/mol. The number of fused-ring (bicyclic) bond motifs is 6. The van der Waals surface area contributed by atoms with E-state index in [-0.39, 0.29) is 0 Å². The first-order valence-corrected chi connectivity index (χ1v) is 13.6. The molecule has 0 aliphatic carbocycles. The van der Waals surface area contributed by atoms with Crippen molar-refractivity contribution in [2.75, 3.05) is 0 Å². The number of aromatic nitrogens is 4. The zero-order valence-corrected chi connectivity index (χ0v) is 21.6. The van der Waals surface area contributed by atoms with E-state index in [0.717, 1.165) is 38.5 Å². The summed E-state index contributed by atoms with van der Waals surface area (Å²) in [6.07, 6.45) is 0. The van der Waals surface area contributed by atoms with E-state index >= 15 is 0 Å². The number of nitrogens with zero attached hydrogens (tertiary/aromatic N) is 4. The van der Waals surface area contributed by atoms with Gasteiger partial charge in [0.1, 0.15) is 5.69 Å². The molecule has 8 rings (SSSR count). The Labute approximate surface area is 228 Å². The Morgan fingerprint density at radius 2 is 0.949 bits per heavy atom. The summed E-state index contributed by atoms with van der Waals surface area (Å²) in [7, 11) is 0. The molecular formula is C34H20N4S. The molecule has 39 heavy (non-hydrogen) atoms. The molecule has 0 atom stereocenters. The number of hydrogen-bond donors (Lipinski definition) is 0. The summed E-state index contributed by atoms with van der Waals surface area (Å²) in [5, 5.41) is 5.78. The fraction of sp³-hybridized carbons (Fsp3) is 0. The molecule has 0 unspecified atom stereocenters. The van der Waals surface area contributed by atoms with Crippen LogP contribution in [0.2, 0.25) is 0 Å². The summed E-state index contributed by atoms with van der Waals surface area (Å²) in [6, 6.07) is 41.6. The first kappa shape index (κ1) is 22.0. The van der Waals surface area contributed by atoms with Gasteiger partial charge >= 0.3 is 0 Å². The van der Waals surface area contributed by atoms with Gasteiger partial charge in [-0.05, 0) is 23.6 Å². The third-order valence-corrected chi connectivity index (χ3v) is 8.24. The van der Waals surface area contributed by atoms with Crippen LogP contribution in [0.25, 0.3) is 76.1 Å². The van der Waals surface area contributed by atoms with E-state index in [1.165, 1.54) is 20.2 Å². The molecule has 0 radical (unpaired) electrons. The molecular weight excluding hydrogens is 496 g/mol. The van der Waals surface area contributed by atoms with Gasteiger partial charge < -0.3 is 0 Å². The maximum absolute atomic E-state index is 5.23. The van der Waals surface area contributed by atoms with Crippen molar-refractivity contribution in [3.63, 3.8) is 0 Å². The van der Waals surface area contributed by atoms with E-state index in [9.17, 15) is 0 Å². The van der Waals surface area contributed by atoms with Gasteiger partial charge in [0.2, 0.25) is 0 Å². The smallest absolute Gasteiger partial charge is 0.183 e. The highest BCUT2D eigenvalue weighted by Gasteiger charge is 2.18. The molecule has 0 saturated carbocycles. The molecule has 0 bridgehead atoms. The molecule has 3 heterocycles. The molecule has 0 spiro atoms. The van der Waals surface area contributed by atoms with Gasteiger partial charge in [0, 0.05) is 42.1 Å². The van der Waals surface area contributed by atoms with Gasteiger partial charge in [-0.1, -0.05) is 103 Å². The summed E-state index contributed by atoms with van der Waals surface area (Å²) in [4.78, 5) is 20.0. The monoisotopic (exact) mass is 516 g/mol. The minimum atomic E-state index is 0.566. The fourth-order valence-electron chi connectivity index (χ4n) is 5.26. The Hall–Kier alpha value is -5.00. The lowest BCUT2D eigenvalue weighted by molar-refractivity contribution is 1.07. The van der Waals surface area contributed by atoms with Gasteiger partial charge in [0.25, 0.3) is 0 Å². The molecule has 0 saturated heterocycles. The molecule has 0 N–H and O–H groups in total. The Morgan fingerprint density at radius 1 is 0.385 bits per heavy atom. The SMILES string of the molecule is c1ccc(-c2nc(-c3ccccc3)nc(-c3nc4cc5c(cc4c4ccccc34)sc3ccccc35)n2)cc1. The minimum absolute atomic E-state index is 0.566. The normalized spacial score (nSPS) is 11.6. The zero-order chi connectivity index (χ0) is 25.8. The van der Waals surface area contributed by atoms with Crippen molar-refractivity contribution >= 4 is 53.2 Å². The van der Waals surface area contributed by atoms with E-state index in [2.05, 4.69) is 60.7 Å². The predicted octanol–water partition coefficient (Wildman–Crippen LogP) is 8.94. The molecule has 0 aliphatic heterocycles. The highest BCUT2D eigenvalue weighted by atomic mass is 32.1. The van der Waals surface area contributed by atoms with E-state index in [0.29, 0.717) is 17.5 Å². The van der Waals surface area contributed by atoms with Crippen molar-refractivity contribution in [2.45, 2.75) is 0 Å². The first-order valence-electron chi connectivity index (χ1n) is 12.8. The van der Waals surface area contributed by atoms with Crippen molar-refractivity contribution in [3.8, 4) is 34.3 Å². The van der Waals surface area contributed by atoms with Crippen LogP contribution in [0.3, 0.4) is 0 Å². The van der Waals surface area contributed by atoms with Gasteiger partial charge in [-0.3, -0.25) is 0 Å². The Bertz CT molecular complexity index is 2110. The third kappa shape index (κ3) is 3.67. The molecule has 0 aliphatic rings. The minimum Gasteiger partial charge on any atom is -0.244 e. The van der Waals surface area contributed by atoms with Crippen LogP contribution >= 0.6 is 11.3 Å². The van der Waals surface area contributed by atoms with Crippen LogP contribution in [0.1, 0.15) is 0 Å². The second-order valence-corrected chi connectivity index (χ2v) is 10.6. The number of hydrogen-bond acceptors (Lipinski definition) is 5. The first-order chi connectivity index (χ1) is 19.3. The summed E-state index contributed by atoms with van der Waals surface area (Å²) in [5.74, 6) is 1.82. The zero-order valence-electron chi connectivity index (χ0n) is 20.7. The Kier molecular flexibility index (Phi) is 4.96. The van der Waals surface area contributed by atoms with E-state index in [1.54, 1.807) is 0 Å². The predicted molar refractivity (Wildman–Crippen MR) is 162 cm³/mol. The molecule has 5 heteroatoms. The lowest BCUT2D eigenvalue weighted by Gasteiger charge is -2.12. The van der Waals surface area contributed by atoms with Crippen LogP contribution in [-0.2, 0) is 0 Å². The summed E-state index contributed by atoms with van der Waals surface area (Å²) in [5.41, 5.74) is 3.57. The third-order valence-electron chi connectivity index (χ3n) is 7.11. The topological polar surface area (TPSA) is 51.6 Å². The maximum Gasteiger partial charge on any atom is 0.183 e. The second-order valence-electron chi connectivity index (χ2n) is 9.51. The highest BCUT2D eigenvalue weighted by molar-refractivity contribution is 7.25. The standard InChI is InChI=1S/C34H20N4S/c1-3-11-21(12-4-1)32-36-33(22-13-5-2-6-14-22)38-34(37-32)31-25-17-8-7-15-23(25)26-20-30-27(19-28(26)35-31)24-16-9-10-18-29(24)39-30/h1-20H. The van der Waals surface area contributed by atoms with Gasteiger partial charge in [0.15, 0.2) is 17.5 Å². The van der Waals surface area contributed by atoms with Crippen molar-refractivity contribution in [1.29, 1.82) is 0 Å². The van der Waals surface area contributed by atoms with Crippen LogP contribution in [0.15, 0.2) is 121 Å². The quantitative estimate of drug-likeness (QED) is 0.220. The average Bonchev–Trinajstić information content (AvgIpc) is 3.38. The second kappa shape index (κ2) is 8.79. The van der Waals surface area contributed by atoms with E-state index in [4.69, 9.17) is 19.9 Å². The lowest BCUT2D eigenvalue weighted by Crippen LogP contribution is -2.02. The van der Waals surface area contributed by atoms with Crippen LogP contribution in [0, 0.1) is 0 Å². The van der Waals surface area contributed by atoms with Gasteiger partial charge in [-0.2, -0.15) is 0 Å². The van der Waals surface area contributed by atoms with Crippen molar-refractivity contribution < 1.29 is 0 Å². The van der Waals surface area contributed by atoms with Crippen molar-refractivity contribution in [3.05, 3.63) is 121 Å². The fourth-order valence-corrected chi connectivity index (χ4v) is 6.39. The molecule has 0 fully saturated rings. The van der Waals surface area contributed by atoms with Gasteiger partial charge in [0.05, 0.1) is 5.52 Å². The number of pyridine rings is 1. The molecule has 0 amide bonds. The van der Waals surface area contributed by atoms with Gasteiger partial charge in [-0.15, -0.1) is 11.3 Å². The summed E-state index contributed by atoms with van der Waals surface area (Å²) >= 11 is 1.82. The maximum atomic E-state index is 5.23. The molecule has 182 valence electrons. The summed E-state index contributed by atoms with van der Waals surface area (Å²) < 4.78 is 2.55. The molecule has 5 aromatic carbocycles. The summed E-state index contributed by atoms with van der Waals surface area (Å²) in [6.45, 7) is 0. The van der Waals surface area contributed by atoms with Crippen molar-refractivity contribution in [1.82, 2.24) is 19.9 Å². The molecule has 4 nitrogen and oxygen atoms in total. The molecule has 3 aromatic heterocycles. The largest absolute Gasteiger partial charge is 0.244 e. The van der Waals surface area contributed by atoms with Crippen LogP contribution in [0.4, 0.5) is 0 Å². The van der Waals surface area contributed by atoms with Gasteiger partial charge in [-0.25, -0.2) is 19.9 Å². The number of rotatable bonds is 3. The lowest BCUT2D eigenvalue weighted by atomic mass is 10.0. The highest BCUT2D eigenvalue weighted by Crippen LogP contribution is 2.39. The van der Waals surface area contributed by atoms with E-state index in [1.807, 2.05) is 72.0 Å². The van der Waals surface area contributed by atoms with E-state index < -0.39 is 0 Å².